The molecule has 0 unspecified atom stereocenters. The monoisotopic (exact) mass is 188 g/mol. The first kappa shape index (κ1) is 8.50. The molecule has 0 saturated carbocycles. The van der Waals surface area contributed by atoms with Crippen LogP contribution < -0.4 is 5.56 Å². The molecule has 0 radical (unpaired) electrons. The molecule has 0 saturated heterocycles. The van der Waals surface area contributed by atoms with Crippen molar-refractivity contribution in [1.29, 1.82) is 0 Å². The van der Waals surface area contributed by atoms with Gasteiger partial charge < -0.3 is 5.11 Å². The van der Waals surface area contributed by atoms with Gasteiger partial charge in [-0.05, 0) is 23.3 Å². The second kappa shape index (κ2) is 3.33. The molecule has 0 aliphatic carbocycles. The number of nitrogens with zero attached hydrogens (tertiary/aromatic N) is 1. The normalized spacial score (nSPS) is 10.0. The second-order valence-corrected chi connectivity index (χ2v) is 2.85. The van der Waals surface area contributed by atoms with Crippen LogP contribution in [0, 0.1) is 0 Å². The maximum Gasteiger partial charge on any atom is 0.251 e. The van der Waals surface area contributed by atoms with Crippen LogP contribution in [0.25, 0.3) is 11.1 Å². The zero-order valence-corrected chi connectivity index (χ0v) is 7.27. The predicted octanol–water partition coefficient (Wildman–Crippen LogP) is 1.14. The zero-order chi connectivity index (χ0) is 9.97. The number of hydrogen-bond acceptors (Lipinski definition) is 3. The molecule has 0 fully saturated rings. The lowest BCUT2D eigenvalue weighted by Gasteiger charge is -2.00. The molecule has 70 valence electrons. The van der Waals surface area contributed by atoms with Crippen LogP contribution in [-0.2, 0) is 0 Å². The Kier molecular flexibility index (Phi) is 2.02. The number of aromatic nitrogens is 2. The molecule has 0 spiro atoms. The number of aromatic hydroxyl groups is 1. The number of rotatable bonds is 1. The average Bonchev–Trinajstić information content (AvgIpc) is 2.18. The smallest absolute Gasteiger partial charge is 0.251 e. The van der Waals surface area contributed by atoms with Crippen LogP contribution in [0.2, 0.25) is 0 Å². The molecule has 0 aliphatic heterocycles. The van der Waals surface area contributed by atoms with Crippen molar-refractivity contribution in [3.8, 4) is 17.0 Å². The van der Waals surface area contributed by atoms with Crippen molar-refractivity contribution in [3.63, 3.8) is 0 Å². The summed E-state index contributed by atoms with van der Waals surface area (Å²) in [6, 6.07) is 6.47. The van der Waals surface area contributed by atoms with E-state index in [9.17, 15) is 9.90 Å². The molecular weight excluding hydrogens is 180 g/mol. The highest BCUT2D eigenvalue weighted by atomic mass is 16.3. The van der Waals surface area contributed by atoms with Crippen LogP contribution in [0.4, 0.5) is 0 Å². The zero-order valence-electron chi connectivity index (χ0n) is 7.27. The van der Waals surface area contributed by atoms with Gasteiger partial charge in [0.05, 0.1) is 0 Å². The van der Waals surface area contributed by atoms with E-state index in [0.717, 1.165) is 5.56 Å². The average molecular weight is 188 g/mol. The summed E-state index contributed by atoms with van der Waals surface area (Å²) >= 11 is 0. The lowest BCUT2D eigenvalue weighted by atomic mass is 10.1. The first-order valence-corrected chi connectivity index (χ1v) is 4.09. The largest absolute Gasteiger partial charge is 0.494 e. The number of hydrogen-bond donors (Lipinski definition) is 2. The highest BCUT2D eigenvalue weighted by Crippen LogP contribution is 2.18. The lowest BCUT2D eigenvalue weighted by Crippen LogP contribution is -2.02. The molecule has 4 nitrogen and oxygen atoms in total. The van der Waals surface area contributed by atoms with Crippen molar-refractivity contribution in [3.05, 3.63) is 47.0 Å². The molecule has 0 atom stereocenters. The summed E-state index contributed by atoms with van der Waals surface area (Å²) in [6.45, 7) is 0. The first-order chi connectivity index (χ1) is 6.75. The van der Waals surface area contributed by atoms with Gasteiger partial charge in [0.1, 0.15) is 0 Å². The van der Waals surface area contributed by atoms with Gasteiger partial charge in [0, 0.05) is 24.5 Å². The van der Waals surface area contributed by atoms with Gasteiger partial charge in [-0.3, -0.25) is 14.8 Å². The minimum Gasteiger partial charge on any atom is -0.494 e. The Hall–Kier alpha value is -2.10. The third kappa shape index (κ3) is 1.64. The highest BCUT2D eigenvalue weighted by molar-refractivity contribution is 5.63. The van der Waals surface area contributed by atoms with Gasteiger partial charge in [-0.15, -0.1) is 0 Å². The summed E-state index contributed by atoms with van der Waals surface area (Å²) in [4.78, 5) is 17.2. The summed E-state index contributed by atoms with van der Waals surface area (Å²) in [5.74, 6) is -0.135. The number of nitrogens with one attached hydrogen (secondary N) is 1. The summed E-state index contributed by atoms with van der Waals surface area (Å²) in [5.41, 5.74) is 1.20. The summed E-state index contributed by atoms with van der Waals surface area (Å²) in [7, 11) is 0. The van der Waals surface area contributed by atoms with Crippen LogP contribution in [-0.4, -0.2) is 15.1 Å². The topological polar surface area (TPSA) is 66.0 Å². The molecule has 4 heteroatoms. The van der Waals surface area contributed by atoms with Crippen molar-refractivity contribution in [2.75, 3.05) is 0 Å². The van der Waals surface area contributed by atoms with Gasteiger partial charge in [0.2, 0.25) is 0 Å². The van der Waals surface area contributed by atoms with Crippen LogP contribution >= 0.6 is 0 Å². The molecule has 2 aromatic rings. The number of aromatic amines is 1. The van der Waals surface area contributed by atoms with Gasteiger partial charge in [-0.2, -0.15) is 0 Å². The summed E-state index contributed by atoms with van der Waals surface area (Å²) < 4.78 is 0. The number of pyridine rings is 2. The van der Waals surface area contributed by atoms with E-state index in [0.29, 0.717) is 5.56 Å². The summed E-state index contributed by atoms with van der Waals surface area (Å²) in [6.07, 6.45) is 3.27. The fourth-order valence-corrected chi connectivity index (χ4v) is 1.24. The van der Waals surface area contributed by atoms with Gasteiger partial charge in [0.25, 0.3) is 5.56 Å². The SMILES string of the molecule is O=c1cc(-c2ccncc2)cc(O)[nH]1. The van der Waals surface area contributed by atoms with E-state index in [1.54, 1.807) is 24.5 Å². The second-order valence-electron chi connectivity index (χ2n) is 2.85. The van der Waals surface area contributed by atoms with E-state index in [-0.39, 0.29) is 11.4 Å². The molecule has 2 aromatic heterocycles. The van der Waals surface area contributed by atoms with E-state index in [1.807, 2.05) is 0 Å². The molecule has 2 rings (SSSR count). The van der Waals surface area contributed by atoms with E-state index < -0.39 is 0 Å². The van der Waals surface area contributed by atoms with Crippen LogP contribution in [0.3, 0.4) is 0 Å². The third-order valence-corrected chi connectivity index (χ3v) is 1.84. The first-order valence-electron chi connectivity index (χ1n) is 4.09. The van der Waals surface area contributed by atoms with E-state index in [1.165, 1.54) is 12.1 Å². The Morgan fingerprint density at radius 2 is 1.86 bits per heavy atom. The molecule has 0 bridgehead atoms. The molecule has 2 N–H and O–H groups in total. The summed E-state index contributed by atoms with van der Waals surface area (Å²) in [5, 5.41) is 9.18. The van der Waals surface area contributed by atoms with Gasteiger partial charge in [-0.25, -0.2) is 0 Å². The van der Waals surface area contributed by atoms with Gasteiger partial charge in [-0.1, -0.05) is 0 Å². The lowest BCUT2D eigenvalue weighted by molar-refractivity contribution is 0.452. The quantitative estimate of drug-likeness (QED) is 0.705. The maximum atomic E-state index is 11.1. The molecular formula is C10H8N2O2. The van der Waals surface area contributed by atoms with E-state index in [4.69, 9.17) is 0 Å². The minimum absolute atomic E-state index is 0.135. The molecule has 0 aliphatic rings. The van der Waals surface area contributed by atoms with Crippen molar-refractivity contribution in [1.82, 2.24) is 9.97 Å². The van der Waals surface area contributed by atoms with Crippen LogP contribution in [0.5, 0.6) is 5.88 Å². The fraction of sp³-hybridized carbons (Fsp3) is 0. The Morgan fingerprint density at radius 3 is 2.50 bits per heavy atom. The Morgan fingerprint density at radius 1 is 1.14 bits per heavy atom. The van der Waals surface area contributed by atoms with Crippen molar-refractivity contribution in [2.24, 2.45) is 0 Å². The van der Waals surface area contributed by atoms with Crippen LogP contribution in [0.1, 0.15) is 0 Å². The van der Waals surface area contributed by atoms with Crippen molar-refractivity contribution in [2.45, 2.75) is 0 Å². The minimum atomic E-state index is -0.322. The predicted molar refractivity (Wildman–Crippen MR) is 52.0 cm³/mol. The van der Waals surface area contributed by atoms with E-state index >= 15 is 0 Å². The Labute approximate surface area is 79.9 Å². The molecule has 2 heterocycles. The Bertz CT molecular complexity index is 491. The van der Waals surface area contributed by atoms with Crippen LogP contribution in [0.15, 0.2) is 41.5 Å². The standard InChI is InChI=1S/C10H8N2O2/c13-9-5-8(6-10(14)12-9)7-1-3-11-4-2-7/h1-6H,(H2,12,13,14). The van der Waals surface area contributed by atoms with E-state index in [2.05, 4.69) is 9.97 Å². The fourth-order valence-electron chi connectivity index (χ4n) is 1.24. The molecule has 14 heavy (non-hydrogen) atoms. The van der Waals surface area contributed by atoms with Gasteiger partial charge >= 0.3 is 0 Å². The molecule has 0 amide bonds. The third-order valence-electron chi connectivity index (χ3n) is 1.84. The molecule has 0 aromatic carbocycles. The Balaban J connectivity index is 2.58. The van der Waals surface area contributed by atoms with Crippen molar-refractivity contribution < 1.29 is 5.11 Å². The highest BCUT2D eigenvalue weighted by Gasteiger charge is 1.99. The maximum absolute atomic E-state index is 11.1. The number of H-pyrrole nitrogens is 1. The van der Waals surface area contributed by atoms with Crippen molar-refractivity contribution >= 4 is 0 Å². The van der Waals surface area contributed by atoms with Gasteiger partial charge in [0.15, 0.2) is 5.88 Å².